The van der Waals surface area contributed by atoms with Gasteiger partial charge in [-0.2, -0.15) is 0 Å². The smallest absolute Gasteiger partial charge is 0.112 e. The SMILES string of the molecule is CCCOCC(O)c1cc(Br)c(Cl)s1. The first-order valence-corrected chi connectivity index (χ1v) is 6.34. The summed E-state index contributed by atoms with van der Waals surface area (Å²) in [5, 5.41) is 9.69. The van der Waals surface area contributed by atoms with Crippen LogP contribution >= 0.6 is 38.9 Å². The van der Waals surface area contributed by atoms with E-state index in [1.165, 1.54) is 11.3 Å². The lowest BCUT2D eigenvalue weighted by Crippen LogP contribution is -2.06. The molecule has 2 nitrogen and oxygen atoms in total. The summed E-state index contributed by atoms with van der Waals surface area (Å²) in [4.78, 5) is 0.831. The van der Waals surface area contributed by atoms with Crippen molar-refractivity contribution < 1.29 is 9.84 Å². The van der Waals surface area contributed by atoms with Crippen LogP contribution in [0.2, 0.25) is 4.34 Å². The monoisotopic (exact) mass is 298 g/mol. The van der Waals surface area contributed by atoms with Crippen molar-refractivity contribution in [1.82, 2.24) is 0 Å². The Labute approximate surface area is 101 Å². The number of halogens is 2. The molecule has 0 amide bonds. The molecule has 1 rings (SSSR count). The topological polar surface area (TPSA) is 29.5 Å². The predicted octanol–water partition coefficient (Wildman–Crippen LogP) is 3.62. The minimum atomic E-state index is -0.574. The van der Waals surface area contributed by atoms with Crippen LogP contribution in [0.15, 0.2) is 10.5 Å². The van der Waals surface area contributed by atoms with Gasteiger partial charge in [-0.1, -0.05) is 18.5 Å². The highest BCUT2D eigenvalue weighted by atomic mass is 79.9. The fraction of sp³-hybridized carbons (Fsp3) is 0.556. The molecule has 0 aliphatic heterocycles. The second kappa shape index (κ2) is 6.08. The van der Waals surface area contributed by atoms with Crippen molar-refractivity contribution in [3.05, 3.63) is 19.8 Å². The molecule has 0 spiro atoms. The van der Waals surface area contributed by atoms with Gasteiger partial charge in [-0.15, -0.1) is 11.3 Å². The van der Waals surface area contributed by atoms with E-state index in [9.17, 15) is 5.11 Å². The molecule has 1 unspecified atom stereocenters. The number of thiophene rings is 1. The van der Waals surface area contributed by atoms with E-state index in [2.05, 4.69) is 15.9 Å². The summed E-state index contributed by atoms with van der Waals surface area (Å²) in [5.74, 6) is 0. The number of hydrogen-bond acceptors (Lipinski definition) is 3. The quantitative estimate of drug-likeness (QED) is 0.841. The third-order valence-electron chi connectivity index (χ3n) is 1.62. The molecule has 1 N–H and O–H groups in total. The Bertz CT molecular complexity index is 271. The molecule has 14 heavy (non-hydrogen) atoms. The standard InChI is InChI=1S/C9H12BrClO2S/c1-2-3-13-5-7(12)8-4-6(10)9(11)14-8/h4,7,12H,2-3,5H2,1H3. The summed E-state index contributed by atoms with van der Waals surface area (Å²) in [6, 6.07) is 1.83. The molecule has 5 heteroatoms. The maximum Gasteiger partial charge on any atom is 0.112 e. The summed E-state index contributed by atoms with van der Waals surface area (Å²) >= 11 is 10.5. The van der Waals surface area contributed by atoms with E-state index >= 15 is 0 Å². The van der Waals surface area contributed by atoms with Crippen LogP contribution in [-0.4, -0.2) is 18.3 Å². The summed E-state index contributed by atoms with van der Waals surface area (Å²) in [7, 11) is 0. The Morgan fingerprint density at radius 1 is 1.71 bits per heavy atom. The zero-order valence-corrected chi connectivity index (χ0v) is 11.0. The van der Waals surface area contributed by atoms with Crippen molar-refractivity contribution in [3.63, 3.8) is 0 Å². The molecule has 0 saturated carbocycles. The third-order valence-corrected chi connectivity index (χ3v) is 4.19. The van der Waals surface area contributed by atoms with Gasteiger partial charge in [0.15, 0.2) is 0 Å². The Kier molecular flexibility index (Phi) is 5.41. The van der Waals surface area contributed by atoms with E-state index in [0.717, 1.165) is 15.8 Å². The van der Waals surface area contributed by atoms with Gasteiger partial charge in [-0.3, -0.25) is 0 Å². The molecule has 1 heterocycles. The van der Waals surface area contributed by atoms with E-state index in [1.54, 1.807) is 0 Å². The minimum absolute atomic E-state index is 0.330. The van der Waals surface area contributed by atoms with Crippen LogP contribution in [0.25, 0.3) is 0 Å². The summed E-state index contributed by atoms with van der Waals surface area (Å²) in [6.45, 7) is 3.04. The van der Waals surface area contributed by atoms with Crippen molar-refractivity contribution in [2.45, 2.75) is 19.4 Å². The Morgan fingerprint density at radius 3 is 2.93 bits per heavy atom. The molecular weight excluding hydrogens is 288 g/mol. The van der Waals surface area contributed by atoms with Crippen molar-refractivity contribution in [3.8, 4) is 0 Å². The molecule has 0 bridgehead atoms. The molecule has 0 aliphatic rings. The maximum absolute atomic E-state index is 9.69. The van der Waals surface area contributed by atoms with Crippen LogP contribution in [0.5, 0.6) is 0 Å². The van der Waals surface area contributed by atoms with Gasteiger partial charge in [-0.25, -0.2) is 0 Å². The Morgan fingerprint density at radius 2 is 2.43 bits per heavy atom. The molecule has 80 valence electrons. The molecule has 1 atom stereocenters. The summed E-state index contributed by atoms with van der Waals surface area (Å²) < 4.78 is 6.74. The zero-order valence-electron chi connectivity index (χ0n) is 7.80. The van der Waals surface area contributed by atoms with Gasteiger partial charge in [0.2, 0.25) is 0 Å². The largest absolute Gasteiger partial charge is 0.385 e. The molecule has 0 saturated heterocycles. The fourth-order valence-electron chi connectivity index (χ4n) is 0.949. The number of ether oxygens (including phenoxy) is 1. The van der Waals surface area contributed by atoms with Crippen LogP contribution < -0.4 is 0 Å². The molecule has 0 aliphatic carbocycles. The lowest BCUT2D eigenvalue weighted by atomic mass is 10.3. The molecule has 0 fully saturated rings. The molecule has 1 aromatic heterocycles. The highest BCUT2D eigenvalue weighted by molar-refractivity contribution is 9.10. The average molecular weight is 300 g/mol. The van der Waals surface area contributed by atoms with E-state index in [1.807, 2.05) is 13.0 Å². The van der Waals surface area contributed by atoms with Crippen LogP contribution in [0.1, 0.15) is 24.3 Å². The van der Waals surface area contributed by atoms with Crippen molar-refractivity contribution in [2.75, 3.05) is 13.2 Å². The summed E-state index contributed by atoms with van der Waals surface area (Å²) in [5.41, 5.74) is 0. The van der Waals surface area contributed by atoms with Gasteiger partial charge in [-0.05, 0) is 28.4 Å². The minimum Gasteiger partial charge on any atom is -0.385 e. The average Bonchev–Trinajstić information content (AvgIpc) is 2.47. The lowest BCUT2D eigenvalue weighted by molar-refractivity contribution is 0.0381. The van der Waals surface area contributed by atoms with Gasteiger partial charge >= 0.3 is 0 Å². The first-order chi connectivity index (χ1) is 6.65. The van der Waals surface area contributed by atoms with Crippen molar-refractivity contribution in [2.24, 2.45) is 0 Å². The summed E-state index contributed by atoms with van der Waals surface area (Å²) in [6.07, 6.45) is 0.386. The molecule has 0 radical (unpaired) electrons. The van der Waals surface area contributed by atoms with Gasteiger partial charge in [0.1, 0.15) is 10.4 Å². The van der Waals surface area contributed by atoms with Crippen molar-refractivity contribution in [1.29, 1.82) is 0 Å². The second-order valence-corrected chi connectivity index (χ2v) is 5.40. The number of aliphatic hydroxyl groups excluding tert-OH is 1. The highest BCUT2D eigenvalue weighted by Crippen LogP contribution is 2.35. The number of hydrogen-bond donors (Lipinski definition) is 1. The Balaban J connectivity index is 2.47. The number of rotatable bonds is 5. The first kappa shape index (κ1) is 12.5. The van der Waals surface area contributed by atoms with Crippen molar-refractivity contribution >= 4 is 38.9 Å². The second-order valence-electron chi connectivity index (χ2n) is 2.86. The molecule has 0 aromatic carbocycles. The van der Waals surface area contributed by atoms with Gasteiger partial charge < -0.3 is 9.84 Å². The van der Waals surface area contributed by atoms with E-state index < -0.39 is 6.10 Å². The molecule has 1 aromatic rings. The molecular formula is C9H12BrClO2S. The van der Waals surface area contributed by atoms with Crippen LogP contribution in [0, 0.1) is 0 Å². The fourth-order valence-corrected chi connectivity index (χ4v) is 2.66. The van der Waals surface area contributed by atoms with E-state index in [-0.39, 0.29) is 0 Å². The van der Waals surface area contributed by atoms with Gasteiger partial charge in [0.05, 0.1) is 6.61 Å². The lowest BCUT2D eigenvalue weighted by Gasteiger charge is -2.08. The number of aliphatic hydroxyl groups is 1. The van der Waals surface area contributed by atoms with Gasteiger partial charge in [0, 0.05) is 16.0 Å². The normalized spacial score (nSPS) is 13.1. The Hall–Kier alpha value is 0.390. The maximum atomic E-state index is 9.69. The van der Waals surface area contributed by atoms with Crippen LogP contribution in [-0.2, 0) is 4.74 Å². The van der Waals surface area contributed by atoms with E-state index in [0.29, 0.717) is 17.6 Å². The van der Waals surface area contributed by atoms with Crippen LogP contribution in [0.4, 0.5) is 0 Å². The van der Waals surface area contributed by atoms with Gasteiger partial charge in [0.25, 0.3) is 0 Å². The van der Waals surface area contributed by atoms with Crippen LogP contribution in [0.3, 0.4) is 0 Å². The zero-order chi connectivity index (χ0) is 10.6. The first-order valence-electron chi connectivity index (χ1n) is 4.35. The highest BCUT2D eigenvalue weighted by Gasteiger charge is 2.12. The third kappa shape index (κ3) is 3.51. The van der Waals surface area contributed by atoms with E-state index in [4.69, 9.17) is 16.3 Å². The predicted molar refractivity (Wildman–Crippen MR) is 63.1 cm³/mol.